The first-order valence-electron chi connectivity index (χ1n) is 8.34. The maximum atomic E-state index is 12.1. The monoisotopic (exact) mass is 420 g/mol. The third kappa shape index (κ3) is 10.2. The van der Waals surface area contributed by atoms with E-state index in [2.05, 4.69) is 0 Å². The lowest BCUT2D eigenvalue weighted by molar-refractivity contribution is -0.203. The largest absolute Gasteiger partial charge is 0.462 e. The first kappa shape index (κ1) is 26.0. The minimum atomic E-state index is -1.90. The molecule has 0 rings (SSSR count). The fraction of sp³-hybridized carbons (Fsp3) is 0.647. The average Bonchev–Trinajstić information content (AvgIpc) is 2.58. The minimum absolute atomic E-state index is 0.634. The van der Waals surface area contributed by atoms with Crippen molar-refractivity contribution in [3.05, 3.63) is 0 Å². The van der Waals surface area contributed by atoms with Crippen LogP contribution in [0.15, 0.2) is 0 Å². The van der Waals surface area contributed by atoms with E-state index in [0.29, 0.717) is 0 Å². The summed E-state index contributed by atoms with van der Waals surface area (Å²) in [5.74, 6) is -5.61. The first-order chi connectivity index (χ1) is 13.4. The molecule has 0 fully saturated rings. The van der Waals surface area contributed by atoms with Crippen LogP contribution in [0.5, 0.6) is 0 Å². The molecular weight excluding hydrogens is 396 g/mol. The van der Waals surface area contributed by atoms with Crippen LogP contribution in [0.25, 0.3) is 0 Å². The predicted molar refractivity (Wildman–Crippen MR) is 90.9 cm³/mol. The van der Waals surface area contributed by atoms with Crippen molar-refractivity contribution in [1.82, 2.24) is 0 Å². The summed E-state index contributed by atoms with van der Waals surface area (Å²) in [6.45, 7) is 3.21. The molecule has 0 spiro atoms. The Balaban J connectivity index is 6.29. The number of hydrogen-bond acceptors (Lipinski definition) is 12. The van der Waals surface area contributed by atoms with Gasteiger partial charge in [0.15, 0.2) is 18.3 Å². The summed E-state index contributed by atoms with van der Waals surface area (Å²) in [5.41, 5.74) is 0. The number of aliphatic hydroxyl groups is 1. The van der Waals surface area contributed by atoms with Crippen LogP contribution in [-0.2, 0) is 52.5 Å². The van der Waals surface area contributed by atoms with Gasteiger partial charge in [-0.15, -0.1) is 0 Å². The van der Waals surface area contributed by atoms with Crippen molar-refractivity contribution in [1.29, 1.82) is 0 Å². The van der Waals surface area contributed by atoms with Crippen LogP contribution in [0.1, 0.15) is 34.6 Å². The molecule has 0 radical (unpaired) electrons. The smallest absolute Gasteiger partial charge is 0.303 e. The summed E-state index contributed by atoms with van der Waals surface area (Å²) in [4.78, 5) is 69.3. The molecule has 0 bridgehead atoms. The Morgan fingerprint density at radius 2 is 1.10 bits per heavy atom. The summed E-state index contributed by atoms with van der Waals surface area (Å²) in [6.07, 6.45) is -6.98. The molecule has 0 aromatic heterocycles. The molecule has 164 valence electrons. The maximum Gasteiger partial charge on any atom is 0.303 e. The minimum Gasteiger partial charge on any atom is -0.462 e. The Bertz CT molecular complexity index is 640. The molecule has 0 aromatic rings. The van der Waals surface area contributed by atoms with E-state index in [1.807, 2.05) is 0 Å². The molecule has 0 unspecified atom stereocenters. The van der Waals surface area contributed by atoms with Gasteiger partial charge in [-0.3, -0.25) is 28.8 Å². The van der Waals surface area contributed by atoms with E-state index in [0.717, 1.165) is 34.6 Å². The molecule has 0 aromatic carbocycles. The van der Waals surface area contributed by atoms with E-state index in [4.69, 9.17) is 23.7 Å². The molecule has 0 aliphatic heterocycles. The zero-order valence-corrected chi connectivity index (χ0v) is 16.7. The van der Waals surface area contributed by atoms with E-state index in [1.54, 1.807) is 0 Å². The van der Waals surface area contributed by atoms with E-state index < -0.39 is 73.3 Å². The molecule has 1 N–H and O–H groups in total. The Kier molecular flexibility index (Phi) is 11.1. The quantitative estimate of drug-likeness (QED) is 0.315. The van der Waals surface area contributed by atoms with Crippen molar-refractivity contribution in [2.45, 2.75) is 59.0 Å². The molecule has 12 nitrogen and oxygen atoms in total. The third-order valence-corrected chi connectivity index (χ3v) is 3.13. The number of rotatable bonds is 11. The summed E-state index contributed by atoms with van der Waals surface area (Å²) in [7, 11) is 0. The number of ketones is 1. The van der Waals surface area contributed by atoms with Crippen LogP contribution in [0.3, 0.4) is 0 Å². The van der Waals surface area contributed by atoms with Gasteiger partial charge in [-0.2, -0.15) is 0 Å². The number of esters is 5. The Labute approximate surface area is 166 Å². The predicted octanol–water partition coefficient (Wildman–Crippen LogP) is -1.16. The summed E-state index contributed by atoms with van der Waals surface area (Å²) in [6, 6.07) is 0. The lowest BCUT2D eigenvalue weighted by Crippen LogP contribution is -2.55. The molecule has 4 atom stereocenters. The van der Waals surface area contributed by atoms with Crippen LogP contribution in [-0.4, -0.2) is 78.4 Å². The van der Waals surface area contributed by atoms with E-state index in [1.165, 1.54) is 0 Å². The van der Waals surface area contributed by atoms with Crippen LogP contribution in [0, 0.1) is 0 Å². The van der Waals surface area contributed by atoms with Crippen molar-refractivity contribution in [3.8, 4) is 0 Å². The Morgan fingerprint density at radius 3 is 1.48 bits per heavy atom. The second-order valence-electron chi connectivity index (χ2n) is 5.75. The van der Waals surface area contributed by atoms with Crippen LogP contribution in [0.2, 0.25) is 0 Å². The average molecular weight is 420 g/mol. The highest BCUT2D eigenvalue weighted by atomic mass is 16.6. The van der Waals surface area contributed by atoms with Gasteiger partial charge in [0.2, 0.25) is 11.9 Å². The van der Waals surface area contributed by atoms with Gasteiger partial charge in [0.1, 0.15) is 13.2 Å². The highest BCUT2D eigenvalue weighted by Crippen LogP contribution is 2.20. The Morgan fingerprint density at radius 1 is 0.655 bits per heavy atom. The topological polar surface area (TPSA) is 169 Å². The number of Topliss-reactive ketones (excluding diaryl/α,β-unsaturated/α-hetero) is 1. The second kappa shape index (κ2) is 12.4. The van der Waals surface area contributed by atoms with Gasteiger partial charge in [-0.05, 0) is 0 Å². The van der Waals surface area contributed by atoms with E-state index in [-0.39, 0.29) is 0 Å². The van der Waals surface area contributed by atoms with Crippen molar-refractivity contribution in [2.75, 3.05) is 13.2 Å². The third-order valence-electron chi connectivity index (χ3n) is 3.13. The van der Waals surface area contributed by atoms with Gasteiger partial charge in [-0.1, -0.05) is 0 Å². The summed E-state index contributed by atoms with van der Waals surface area (Å²) in [5, 5.41) is 9.18. The van der Waals surface area contributed by atoms with Gasteiger partial charge in [-0.25, -0.2) is 0 Å². The second-order valence-corrected chi connectivity index (χ2v) is 5.75. The van der Waals surface area contributed by atoms with E-state index in [9.17, 15) is 33.9 Å². The highest BCUT2D eigenvalue weighted by Gasteiger charge is 2.46. The van der Waals surface area contributed by atoms with Crippen LogP contribution < -0.4 is 0 Å². The molecule has 29 heavy (non-hydrogen) atoms. The lowest BCUT2D eigenvalue weighted by atomic mass is 9.99. The molecule has 0 heterocycles. The number of carbonyl (C=O) groups excluding carboxylic acids is 6. The molecule has 0 saturated heterocycles. The van der Waals surface area contributed by atoms with Crippen molar-refractivity contribution in [2.24, 2.45) is 0 Å². The number of aliphatic hydroxyl groups excluding tert-OH is 1. The SMILES string of the molecule is CC(=O)OC[C@@H](OC(C)=O)[C@@H](OC(C)=O)[C@H](OC(C)=O)[C@H](OC(C)=O)C(=O)CO. The highest BCUT2D eigenvalue weighted by molar-refractivity contribution is 5.87. The van der Waals surface area contributed by atoms with Crippen molar-refractivity contribution < 1.29 is 57.6 Å². The summed E-state index contributed by atoms with van der Waals surface area (Å²) >= 11 is 0. The number of ether oxygens (including phenoxy) is 5. The van der Waals surface area contributed by atoms with Crippen LogP contribution >= 0.6 is 0 Å². The molecule has 12 heteroatoms. The Hall–Kier alpha value is -3.02. The lowest BCUT2D eigenvalue weighted by Gasteiger charge is -2.34. The maximum absolute atomic E-state index is 12.1. The van der Waals surface area contributed by atoms with Crippen molar-refractivity contribution >= 4 is 35.6 Å². The fourth-order valence-corrected chi connectivity index (χ4v) is 2.23. The number of hydrogen-bond donors (Lipinski definition) is 1. The first-order valence-corrected chi connectivity index (χ1v) is 8.34. The standard InChI is InChI=1S/C17H24O12/c1-8(19)25-7-14(26-9(2)20)16(28-11(4)22)17(29-12(5)23)15(13(24)6-18)27-10(3)21/h14-18H,6-7H2,1-5H3/t14-,15-,16-,17-/m1/s1. The van der Waals surface area contributed by atoms with Gasteiger partial charge in [0, 0.05) is 34.6 Å². The van der Waals surface area contributed by atoms with Gasteiger partial charge >= 0.3 is 29.8 Å². The van der Waals surface area contributed by atoms with Gasteiger partial charge in [0.05, 0.1) is 0 Å². The summed E-state index contributed by atoms with van der Waals surface area (Å²) < 4.78 is 24.7. The molecule has 0 aliphatic rings. The molecule has 0 amide bonds. The zero-order valence-electron chi connectivity index (χ0n) is 16.7. The van der Waals surface area contributed by atoms with E-state index >= 15 is 0 Å². The molecule has 0 aliphatic carbocycles. The van der Waals surface area contributed by atoms with Gasteiger partial charge in [0.25, 0.3) is 0 Å². The van der Waals surface area contributed by atoms with Crippen LogP contribution in [0.4, 0.5) is 0 Å². The number of carbonyl (C=O) groups is 6. The zero-order chi connectivity index (χ0) is 22.7. The fourth-order valence-electron chi connectivity index (χ4n) is 2.23. The van der Waals surface area contributed by atoms with Gasteiger partial charge < -0.3 is 28.8 Å². The van der Waals surface area contributed by atoms with Crippen molar-refractivity contribution in [3.63, 3.8) is 0 Å². The molecule has 0 saturated carbocycles. The normalized spacial score (nSPS) is 14.4. The molecular formula is C17H24O12.